The standard InChI is InChI=1S/C26H29N5O4/c1-18(33-2)26(32)31-13-11-30(12-14-31)10-8-20-17-34-24-15-21(4-5-22(20)24)35-25-6-3-19(16-27-25)23-7-9-28-29-23/h3-7,9,15-18H,8,10-14H2,1-2H3,(H,28,29)/t18-/m0/s1. The van der Waals surface area contributed by atoms with Crippen molar-refractivity contribution in [3.63, 3.8) is 0 Å². The number of furan rings is 1. The molecule has 9 nitrogen and oxygen atoms in total. The van der Waals surface area contributed by atoms with E-state index in [0.717, 1.165) is 61.4 Å². The Hall–Kier alpha value is -3.69. The average molecular weight is 476 g/mol. The van der Waals surface area contributed by atoms with Crippen molar-refractivity contribution < 1.29 is 18.7 Å². The van der Waals surface area contributed by atoms with Gasteiger partial charge in [0.1, 0.15) is 17.4 Å². The lowest BCUT2D eigenvalue weighted by Gasteiger charge is -2.35. The monoisotopic (exact) mass is 475 g/mol. The number of ether oxygens (including phenoxy) is 2. The van der Waals surface area contributed by atoms with E-state index in [1.807, 2.05) is 47.6 Å². The molecular formula is C26H29N5O4. The zero-order valence-corrected chi connectivity index (χ0v) is 19.9. The summed E-state index contributed by atoms with van der Waals surface area (Å²) < 4.78 is 16.9. The molecule has 0 unspecified atom stereocenters. The smallest absolute Gasteiger partial charge is 0.251 e. The number of nitrogens with one attached hydrogen (secondary N) is 1. The molecule has 9 heteroatoms. The number of rotatable bonds is 8. The van der Waals surface area contributed by atoms with Crippen LogP contribution in [0.4, 0.5) is 0 Å². The molecule has 0 bridgehead atoms. The Labute approximate surface area is 203 Å². The van der Waals surface area contributed by atoms with E-state index < -0.39 is 0 Å². The lowest BCUT2D eigenvalue weighted by atomic mass is 10.1. The van der Waals surface area contributed by atoms with Gasteiger partial charge >= 0.3 is 0 Å². The molecule has 1 saturated heterocycles. The molecule has 0 spiro atoms. The molecular weight excluding hydrogens is 446 g/mol. The van der Waals surface area contributed by atoms with Crippen molar-refractivity contribution in [2.75, 3.05) is 39.8 Å². The first-order valence-electron chi connectivity index (χ1n) is 11.8. The highest BCUT2D eigenvalue weighted by Gasteiger charge is 2.24. The first-order valence-corrected chi connectivity index (χ1v) is 11.8. The number of amides is 1. The number of methoxy groups -OCH3 is 1. The number of hydrogen-bond donors (Lipinski definition) is 1. The van der Waals surface area contributed by atoms with Crippen molar-refractivity contribution >= 4 is 16.9 Å². The maximum atomic E-state index is 12.3. The quantitative estimate of drug-likeness (QED) is 0.415. The van der Waals surface area contributed by atoms with Gasteiger partial charge in [0.25, 0.3) is 5.91 Å². The second-order valence-corrected chi connectivity index (χ2v) is 8.67. The van der Waals surface area contributed by atoms with Crippen LogP contribution in [-0.2, 0) is 16.0 Å². The highest BCUT2D eigenvalue weighted by molar-refractivity contribution is 5.82. The van der Waals surface area contributed by atoms with Gasteiger partial charge in [0.15, 0.2) is 0 Å². The van der Waals surface area contributed by atoms with Gasteiger partial charge in [-0.05, 0) is 43.2 Å². The summed E-state index contributed by atoms with van der Waals surface area (Å²) >= 11 is 0. The van der Waals surface area contributed by atoms with Crippen LogP contribution >= 0.6 is 0 Å². The first-order chi connectivity index (χ1) is 17.1. The number of carbonyl (C=O) groups is 1. The fourth-order valence-corrected chi connectivity index (χ4v) is 4.29. The molecule has 4 heterocycles. The van der Waals surface area contributed by atoms with Gasteiger partial charge in [0.2, 0.25) is 5.88 Å². The van der Waals surface area contributed by atoms with Crippen molar-refractivity contribution in [3.05, 3.63) is 60.6 Å². The fourth-order valence-electron chi connectivity index (χ4n) is 4.29. The van der Waals surface area contributed by atoms with Crippen molar-refractivity contribution in [1.29, 1.82) is 0 Å². The number of fused-ring (bicyclic) bond motifs is 1. The van der Waals surface area contributed by atoms with Crippen molar-refractivity contribution in [2.45, 2.75) is 19.4 Å². The molecule has 35 heavy (non-hydrogen) atoms. The molecule has 1 amide bonds. The van der Waals surface area contributed by atoms with Gasteiger partial charge in [-0.25, -0.2) is 4.98 Å². The second kappa shape index (κ2) is 10.3. The van der Waals surface area contributed by atoms with Crippen LogP contribution in [0.2, 0.25) is 0 Å². The van der Waals surface area contributed by atoms with Crippen molar-refractivity contribution in [1.82, 2.24) is 25.0 Å². The molecule has 4 aromatic rings. The maximum Gasteiger partial charge on any atom is 0.251 e. The lowest BCUT2D eigenvalue weighted by molar-refractivity contribution is -0.142. The Morgan fingerprint density at radius 3 is 2.74 bits per heavy atom. The van der Waals surface area contributed by atoms with Crippen LogP contribution in [0.25, 0.3) is 22.2 Å². The van der Waals surface area contributed by atoms with E-state index in [2.05, 4.69) is 20.1 Å². The SMILES string of the molecule is CO[C@@H](C)C(=O)N1CCN(CCc2coc3cc(Oc4ccc(-c5ccn[nH]5)cn4)ccc23)CC1. The Morgan fingerprint density at radius 2 is 2.03 bits per heavy atom. The third kappa shape index (κ3) is 5.21. The summed E-state index contributed by atoms with van der Waals surface area (Å²) in [6.45, 7) is 5.90. The van der Waals surface area contributed by atoms with Gasteiger partial charge < -0.3 is 18.8 Å². The van der Waals surface area contributed by atoms with Crippen LogP contribution < -0.4 is 4.74 Å². The topological polar surface area (TPSA) is 96.7 Å². The minimum Gasteiger partial charge on any atom is -0.464 e. The molecule has 5 rings (SSSR count). The highest BCUT2D eigenvalue weighted by Crippen LogP contribution is 2.29. The number of nitrogens with zero attached hydrogens (tertiary/aromatic N) is 4. The number of H-pyrrole nitrogens is 1. The number of aromatic nitrogens is 3. The summed E-state index contributed by atoms with van der Waals surface area (Å²) in [4.78, 5) is 20.9. The van der Waals surface area contributed by atoms with E-state index in [0.29, 0.717) is 11.6 Å². The third-order valence-electron chi connectivity index (χ3n) is 6.48. The summed E-state index contributed by atoms with van der Waals surface area (Å²) in [6.07, 6.45) is 5.78. The summed E-state index contributed by atoms with van der Waals surface area (Å²) in [5.74, 6) is 1.25. The fraction of sp³-hybridized carbons (Fsp3) is 0.346. The Balaban J connectivity index is 1.16. The first kappa shape index (κ1) is 23.1. The molecule has 182 valence electrons. The van der Waals surface area contributed by atoms with Crippen LogP contribution in [0.15, 0.2) is 59.5 Å². The molecule has 1 aliphatic rings. The van der Waals surface area contributed by atoms with Crippen molar-refractivity contribution in [3.8, 4) is 22.9 Å². The second-order valence-electron chi connectivity index (χ2n) is 8.67. The Morgan fingerprint density at radius 1 is 1.17 bits per heavy atom. The van der Waals surface area contributed by atoms with E-state index in [-0.39, 0.29) is 12.0 Å². The van der Waals surface area contributed by atoms with Gasteiger partial charge in [-0.15, -0.1) is 0 Å². The molecule has 1 fully saturated rings. The largest absolute Gasteiger partial charge is 0.464 e. The molecule has 0 aliphatic carbocycles. The van der Waals surface area contributed by atoms with Gasteiger partial charge in [-0.1, -0.05) is 0 Å². The molecule has 0 saturated carbocycles. The molecule has 1 aromatic carbocycles. The Kier molecular flexibility index (Phi) is 6.78. The number of aromatic amines is 1. The van der Waals surface area contributed by atoms with Crippen LogP contribution in [0.1, 0.15) is 12.5 Å². The third-order valence-corrected chi connectivity index (χ3v) is 6.48. The molecule has 1 N–H and O–H groups in total. The Bertz CT molecular complexity index is 1260. The normalized spacial score (nSPS) is 15.4. The van der Waals surface area contributed by atoms with Gasteiger partial charge in [-0.3, -0.25) is 14.8 Å². The summed E-state index contributed by atoms with van der Waals surface area (Å²) in [6, 6.07) is 11.5. The van der Waals surface area contributed by atoms with E-state index in [1.54, 1.807) is 26.4 Å². The summed E-state index contributed by atoms with van der Waals surface area (Å²) in [7, 11) is 1.57. The van der Waals surface area contributed by atoms with Crippen LogP contribution in [0.5, 0.6) is 11.6 Å². The van der Waals surface area contributed by atoms with Crippen LogP contribution in [-0.4, -0.2) is 76.8 Å². The summed E-state index contributed by atoms with van der Waals surface area (Å²) in [5, 5.41) is 7.97. The van der Waals surface area contributed by atoms with E-state index in [1.165, 1.54) is 5.56 Å². The number of piperazine rings is 1. The zero-order chi connectivity index (χ0) is 24.2. The number of pyridine rings is 1. The minimum absolute atomic E-state index is 0.0648. The van der Waals surface area contributed by atoms with E-state index in [4.69, 9.17) is 13.9 Å². The van der Waals surface area contributed by atoms with Gasteiger partial charge in [0, 0.05) is 75.3 Å². The van der Waals surface area contributed by atoms with E-state index >= 15 is 0 Å². The average Bonchev–Trinajstić information content (AvgIpc) is 3.58. The maximum absolute atomic E-state index is 12.3. The molecule has 3 aromatic heterocycles. The van der Waals surface area contributed by atoms with Crippen molar-refractivity contribution in [2.24, 2.45) is 0 Å². The predicted molar refractivity (Wildman–Crippen MR) is 131 cm³/mol. The minimum atomic E-state index is -0.384. The number of benzene rings is 1. The number of hydrogen-bond acceptors (Lipinski definition) is 7. The molecule has 0 radical (unpaired) electrons. The van der Waals surface area contributed by atoms with E-state index in [9.17, 15) is 4.79 Å². The predicted octanol–water partition coefficient (Wildman–Crippen LogP) is 3.73. The van der Waals surface area contributed by atoms with Gasteiger partial charge in [-0.2, -0.15) is 5.10 Å². The van der Waals surface area contributed by atoms with Gasteiger partial charge in [0.05, 0.1) is 12.0 Å². The lowest BCUT2D eigenvalue weighted by Crippen LogP contribution is -2.51. The number of carbonyl (C=O) groups excluding carboxylic acids is 1. The van der Waals surface area contributed by atoms with Crippen LogP contribution in [0, 0.1) is 0 Å². The molecule has 1 atom stereocenters. The highest BCUT2D eigenvalue weighted by atomic mass is 16.5. The zero-order valence-electron chi connectivity index (χ0n) is 19.9. The van der Waals surface area contributed by atoms with Crippen LogP contribution in [0.3, 0.4) is 0 Å². The summed E-state index contributed by atoms with van der Waals surface area (Å²) in [5.41, 5.74) is 3.80. The molecule has 1 aliphatic heterocycles.